The van der Waals surface area contributed by atoms with E-state index in [9.17, 15) is 9.59 Å². The fourth-order valence-electron chi connectivity index (χ4n) is 3.34. The Morgan fingerprint density at radius 3 is 2.19 bits per heavy atom. The number of aromatic nitrogens is 1. The molecule has 4 rings (SSSR count). The third kappa shape index (κ3) is 5.47. The van der Waals surface area contributed by atoms with Crippen molar-refractivity contribution >= 4 is 28.8 Å². The molecular weight excluding hydrogens is 418 g/mol. The van der Waals surface area contributed by atoms with Crippen LogP contribution in [0.4, 0.5) is 5.69 Å². The number of nitrogens with one attached hydrogen (secondary N) is 2. The minimum absolute atomic E-state index is 0.268. The Hall–Kier alpha value is -3.77. The van der Waals surface area contributed by atoms with E-state index in [4.69, 9.17) is 0 Å². The summed E-state index contributed by atoms with van der Waals surface area (Å²) in [5.41, 5.74) is 4.06. The van der Waals surface area contributed by atoms with Gasteiger partial charge in [0.15, 0.2) is 0 Å². The summed E-state index contributed by atoms with van der Waals surface area (Å²) in [7, 11) is 0. The normalized spacial score (nSPS) is 11.5. The second kappa shape index (κ2) is 10.0. The molecular formula is C26H23N3O2S. The molecule has 0 radical (unpaired) electrons. The summed E-state index contributed by atoms with van der Waals surface area (Å²) in [5.74, 6) is -0.550. The van der Waals surface area contributed by atoms with Gasteiger partial charge >= 0.3 is 0 Å². The molecule has 0 bridgehead atoms. The smallest absolute Gasteiger partial charge is 0.251 e. The Labute approximate surface area is 191 Å². The standard InChI is InChI=1S/C26H23N3O2S/c1-18-27-24(17-32-18)20-12-14-22(15-13-20)28-26(31)23(16-19-8-4-2-5-9-19)29-25(30)21-10-6-3-7-11-21/h2-15,17,23H,16H2,1H3,(H,28,31)(H,29,30)/t23-/m1/s1. The lowest BCUT2D eigenvalue weighted by Crippen LogP contribution is -2.45. The van der Waals surface area contributed by atoms with Crippen molar-refractivity contribution in [2.75, 3.05) is 5.32 Å². The van der Waals surface area contributed by atoms with Gasteiger partial charge in [0.2, 0.25) is 5.91 Å². The first-order valence-electron chi connectivity index (χ1n) is 10.3. The van der Waals surface area contributed by atoms with Gasteiger partial charge in [-0.1, -0.05) is 60.7 Å². The van der Waals surface area contributed by atoms with Gasteiger partial charge in [0.1, 0.15) is 6.04 Å². The predicted molar refractivity (Wildman–Crippen MR) is 129 cm³/mol. The van der Waals surface area contributed by atoms with Gasteiger partial charge in [-0.25, -0.2) is 4.98 Å². The molecule has 0 saturated heterocycles. The first-order valence-corrected chi connectivity index (χ1v) is 11.2. The molecule has 1 aromatic heterocycles. The lowest BCUT2D eigenvalue weighted by Gasteiger charge is -2.19. The van der Waals surface area contributed by atoms with Gasteiger partial charge in [-0.05, 0) is 36.8 Å². The molecule has 1 heterocycles. The van der Waals surface area contributed by atoms with Crippen LogP contribution in [0.3, 0.4) is 0 Å². The Morgan fingerprint density at radius 2 is 1.56 bits per heavy atom. The van der Waals surface area contributed by atoms with Gasteiger partial charge in [0.25, 0.3) is 5.91 Å². The number of hydrogen-bond acceptors (Lipinski definition) is 4. The highest BCUT2D eigenvalue weighted by Crippen LogP contribution is 2.23. The van der Waals surface area contributed by atoms with Gasteiger partial charge in [0, 0.05) is 28.6 Å². The number of hydrogen-bond donors (Lipinski definition) is 2. The third-order valence-corrected chi connectivity index (χ3v) is 5.78. The van der Waals surface area contributed by atoms with Crippen molar-refractivity contribution in [3.8, 4) is 11.3 Å². The molecule has 160 valence electrons. The molecule has 1 atom stereocenters. The second-order valence-electron chi connectivity index (χ2n) is 7.40. The van der Waals surface area contributed by atoms with E-state index >= 15 is 0 Å². The molecule has 6 heteroatoms. The zero-order valence-corrected chi connectivity index (χ0v) is 18.4. The molecule has 0 saturated carbocycles. The molecule has 0 aliphatic heterocycles. The van der Waals surface area contributed by atoms with Crippen molar-refractivity contribution < 1.29 is 9.59 Å². The van der Waals surface area contributed by atoms with Crippen LogP contribution in [0.2, 0.25) is 0 Å². The molecule has 0 spiro atoms. The third-order valence-electron chi connectivity index (χ3n) is 5.01. The number of anilines is 1. The molecule has 4 aromatic rings. The number of thiazole rings is 1. The first-order chi connectivity index (χ1) is 15.6. The van der Waals surface area contributed by atoms with E-state index in [0.29, 0.717) is 17.7 Å². The van der Waals surface area contributed by atoms with Crippen molar-refractivity contribution in [2.24, 2.45) is 0 Å². The molecule has 5 nitrogen and oxygen atoms in total. The largest absolute Gasteiger partial charge is 0.340 e. The lowest BCUT2D eigenvalue weighted by molar-refractivity contribution is -0.118. The summed E-state index contributed by atoms with van der Waals surface area (Å²) in [4.78, 5) is 30.3. The number of nitrogens with zero attached hydrogens (tertiary/aromatic N) is 1. The maximum Gasteiger partial charge on any atom is 0.251 e. The van der Waals surface area contributed by atoms with E-state index in [1.807, 2.05) is 73.0 Å². The van der Waals surface area contributed by atoms with Crippen LogP contribution in [0.5, 0.6) is 0 Å². The number of rotatable bonds is 7. The molecule has 0 unspecified atom stereocenters. The Kier molecular flexibility index (Phi) is 6.72. The van der Waals surface area contributed by atoms with Gasteiger partial charge in [-0.3, -0.25) is 9.59 Å². The van der Waals surface area contributed by atoms with Crippen LogP contribution in [0.15, 0.2) is 90.3 Å². The van der Waals surface area contributed by atoms with Crippen molar-refractivity contribution in [3.05, 3.63) is 106 Å². The summed E-state index contributed by atoms with van der Waals surface area (Å²) in [6, 6.07) is 25.4. The fraction of sp³-hybridized carbons (Fsp3) is 0.115. The molecule has 0 aliphatic carbocycles. The van der Waals surface area contributed by atoms with E-state index in [1.54, 1.807) is 35.6 Å². The number of aryl methyl sites for hydroxylation is 1. The van der Waals surface area contributed by atoms with Crippen molar-refractivity contribution in [1.82, 2.24) is 10.3 Å². The Morgan fingerprint density at radius 1 is 0.906 bits per heavy atom. The highest BCUT2D eigenvalue weighted by molar-refractivity contribution is 7.09. The van der Waals surface area contributed by atoms with Gasteiger partial charge < -0.3 is 10.6 Å². The average Bonchev–Trinajstić information content (AvgIpc) is 3.26. The number of carbonyl (C=O) groups is 2. The molecule has 2 amide bonds. The van der Waals surface area contributed by atoms with Crippen LogP contribution in [-0.4, -0.2) is 22.8 Å². The van der Waals surface area contributed by atoms with Crippen molar-refractivity contribution in [2.45, 2.75) is 19.4 Å². The second-order valence-corrected chi connectivity index (χ2v) is 8.46. The van der Waals surface area contributed by atoms with Crippen molar-refractivity contribution in [1.29, 1.82) is 0 Å². The summed E-state index contributed by atoms with van der Waals surface area (Å²) in [5, 5.41) is 8.84. The topological polar surface area (TPSA) is 71.1 Å². The quantitative estimate of drug-likeness (QED) is 0.419. The maximum atomic E-state index is 13.1. The lowest BCUT2D eigenvalue weighted by atomic mass is 10.0. The molecule has 0 fully saturated rings. The zero-order chi connectivity index (χ0) is 22.3. The van der Waals surface area contributed by atoms with E-state index in [2.05, 4.69) is 15.6 Å². The highest BCUT2D eigenvalue weighted by Gasteiger charge is 2.22. The predicted octanol–water partition coefficient (Wildman–Crippen LogP) is 5.10. The minimum atomic E-state index is -0.717. The summed E-state index contributed by atoms with van der Waals surface area (Å²) >= 11 is 1.60. The number of benzene rings is 3. The van der Waals surface area contributed by atoms with Gasteiger partial charge in [0.05, 0.1) is 10.7 Å². The maximum absolute atomic E-state index is 13.1. The average molecular weight is 442 g/mol. The highest BCUT2D eigenvalue weighted by atomic mass is 32.1. The van der Waals surface area contributed by atoms with Crippen LogP contribution in [0.1, 0.15) is 20.9 Å². The molecule has 3 aromatic carbocycles. The van der Waals surface area contributed by atoms with E-state index in [1.165, 1.54) is 0 Å². The SMILES string of the molecule is Cc1nc(-c2ccc(NC(=O)[C@@H](Cc3ccccc3)NC(=O)c3ccccc3)cc2)cs1. The van der Waals surface area contributed by atoms with Gasteiger partial charge in [-0.2, -0.15) is 0 Å². The van der Waals surface area contributed by atoms with E-state index < -0.39 is 6.04 Å². The van der Waals surface area contributed by atoms with Crippen LogP contribution < -0.4 is 10.6 Å². The summed E-state index contributed by atoms with van der Waals surface area (Å²) in [6.07, 6.45) is 0.390. The van der Waals surface area contributed by atoms with Crippen molar-refractivity contribution in [3.63, 3.8) is 0 Å². The fourth-order valence-corrected chi connectivity index (χ4v) is 3.96. The molecule has 2 N–H and O–H groups in total. The summed E-state index contributed by atoms with van der Waals surface area (Å²) in [6.45, 7) is 1.97. The van der Waals surface area contributed by atoms with Crippen LogP contribution in [0.25, 0.3) is 11.3 Å². The van der Waals surface area contributed by atoms with E-state index in [-0.39, 0.29) is 11.8 Å². The van der Waals surface area contributed by atoms with Gasteiger partial charge in [-0.15, -0.1) is 11.3 Å². The van der Waals surface area contributed by atoms with E-state index in [0.717, 1.165) is 21.8 Å². The Balaban J connectivity index is 1.49. The Bertz CT molecular complexity index is 1190. The number of carbonyl (C=O) groups excluding carboxylic acids is 2. The van der Waals surface area contributed by atoms with Crippen LogP contribution in [0, 0.1) is 6.92 Å². The minimum Gasteiger partial charge on any atom is -0.340 e. The van der Waals surface area contributed by atoms with Crippen LogP contribution >= 0.6 is 11.3 Å². The molecule has 32 heavy (non-hydrogen) atoms. The molecule has 0 aliphatic rings. The summed E-state index contributed by atoms with van der Waals surface area (Å²) < 4.78 is 0. The zero-order valence-electron chi connectivity index (χ0n) is 17.6. The van der Waals surface area contributed by atoms with Crippen LogP contribution in [-0.2, 0) is 11.2 Å². The number of amides is 2. The first kappa shape index (κ1) is 21.5. The monoisotopic (exact) mass is 441 g/mol.